The van der Waals surface area contributed by atoms with Gasteiger partial charge in [0, 0.05) is 22.3 Å². The molecule has 1 N–H and O–H groups in total. The van der Waals surface area contributed by atoms with E-state index in [9.17, 15) is 14.4 Å². The van der Waals surface area contributed by atoms with Crippen molar-refractivity contribution in [1.29, 1.82) is 0 Å². The molecule has 0 bridgehead atoms. The third-order valence-corrected chi connectivity index (χ3v) is 6.37. The molecule has 4 rings (SSSR count). The van der Waals surface area contributed by atoms with Crippen LogP contribution in [0.15, 0.2) is 63.9 Å². The molecule has 1 aliphatic heterocycles. The summed E-state index contributed by atoms with van der Waals surface area (Å²) in [5.74, 6) is -0.137. The Morgan fingerprint density at radius 2 is 1.85 bits per heavy atom. The van der Waals surface area contributed by atoms with Gasteiger partial charge in [0.15, 0.2) is 0 Å². The van der Waals surface area contributed by atoms with Crippen LogP contribution in [-0.2, 0) is 16.0 Å². The van der Waals surface area contributed by atoms with Gasteiger partial charge >= 0.3 is 0 Å². The van der Waals surface area contributed by atoms with Gasteiger partial charge < -0.3 is 9.73 Å². The maximum Gasteiger partial charge on any atom is 0.294 e. The van der Waals surface area contributed by atoms with Crippen molar-refractivity contribution in [3.05, 3.63) is 80.9 Å². The van der Waals surface area contributed by atoms with Crippen LogP contribution in [0.4, 0.5) is 10.5 Å². The summed E-state index contributed by atoms with van der Waals surface area (Å²) < 4.78 is 5.77. The zero-order valence-corrected chi connectivity index (χ0v) is 19.8. The lowest BCUT2D eigenvalue weighted by molar-refractivity contribution is -0.127. The summed E-state index contributed by atoms with van der Waals surface area (Å²) in [5.41, 5.74) is 2.39. The quantitative estimate of drug-likeness (QED) is 0.391. The zero-order chi connectivity index (χ0) is 23.5. The molecule has 3 aromatic rings. The molecule has 0 aliphatic carbocycles. The summed E-state index contributed by atoms with van der Waals surface area (Å²) in [5, 5.41) is 3.12. The van der Waals surface area contributed by atoms with Crippen molar-refractivity contribution < 1.29 is 18.8 Å². The van der Waals surface area contributed by atoms with Crippen LogP contribution in [0.3, 0.4) is 0 Å². The van der Waals surface area contributed by atoms with Crippen molar-refractivity contribution in [1.82, 2.24) is 4.90 Å². The minimum absolute atomic E-state index is 0.170. The fourth-order valence-corrected chi connectivity index (χ4v) is 4.52. The van der Waals surface area contributed by atoms with E-state index in [2.05, 4.69) is 5.32 Å². The van der Waals surface area contributed by atoms with Crippen molar-refractivity contribution in [3.8, 4) is 11.3 Å². The normalized spacial score (nSPS) is 14.9. The number of amides is 3. The SMILES string of the molecule is CCc1ccc(NC(=O)CN2C(=O)S/C(=C/c3ccc(-c4ccc(Cl)cc4Cl)o3)C2=O)cc1. The van der Waals surface area contributed by atoms with Crippen LogP contribution in [0.1, 0.15) is 18.2 Å². The number of rotatable bonds is 6. The van der Waals surface area contributed by atoms with Crippen LogP contribution in [0.2, 0.25) is 10.0 Å². The van der Waals surface area contributed by atoms with Gasteiger partial charge in [-0.15, -0.1) is 0 Å². The number of thioether (sulfide) groups is 1. The Hall–Kier alpha value is -3.00. The van der Waals surface area contributed by atoms with E-state index in [1.54, 1.807) is 42.5 Å². The van der Waals surface area contributed by atoms with Crippen molar-refractivity contribution in [2.24, 2.45) is 0 Å². The first kappa shape index (κ1) is 23.2. The summed E-state index contributed by atoms with van der Waals surface area (Å²) in [6.45, 7) is 1.67. The summed E-state index contributed by atoms with van der Waals surface area (Å²) in [4.78, 5) is 38.5. The number of carbonyl (C=O) groups is 3. The van der Waals surface area contributed by atoms with E-state index in [0.29, 0.717) is 32.8 Å². The first-order chi connectivity index (χ1) is 15.8. The fraction of sp³-hybridized carbons (Fsp3) is 0.125. The number of nitrogens with one attached hydrogen (secondary N) is 1. The molecular formula is C24H18Cl2N2O4S. The lowest BCUT2D eigenvalue weighted by Crippen LogP contribution is -2.36. The maximum atomic E-state index is 12.7. The summed E-state index contributed by atoms with van der Waals surface area (Å²) >= 11 is 12.9. The first-order valence-corrected chi connectivity index (χ1v) is 11.6. The number of hydrogen-bond acceptors (Lipinski definition) is 5. The van der Waals surface area contributed by atoms with Crippen molar-refractivity contribution in [2.75, 3.05) is 11.9 Å². The molecule has 3 amide bonds. The highest BCUT2D eigenvalue weighted by atomic mass is 35.5. The highest BCUT2D eigenvalue weighted by molar-refractivity contribution is 8.18. The maximum absolute atomic E-state index is 12.7. The van der Waals surface area contributed by atoms with E-state index in [4.69, 9.17) is 27.6 Å². The third-order valence-electron chi connectivity index (χ3n) is 4.92. The number of anilines is 1. The predicted octanol–water partition coefficient (Wildman–Crippen LogP) is 6.49. The molecule has 1 aromatic heterocycles. The summed E-state index contributed by atoms with van der Waals surface area (Å²) in [7, 11) is 0. The van der Waals surface area contributed by atoms with Crippen molar-refractivity contribution in [2.45, 2.75) is 13.3 Å². The number of benzene rings is 2. The van der Waals surface area contributed by atoms with Crippen LogP contribution in [-0.4, -0.2) is 28.5 Å². The number of halogens is 2. The average Bonchev–Trinajstić information content (AvgIpc) is 3.34. The topological polar surface area (TPSA) is 79.6 Å². The lowest BCUT2D eigenvalue weighted by Gasteiger charge is -2.12. The molecule has 1 saturated heterocycles. The number of hydrogen-bond donors (Lipinski definition) is 1. The minimum atomic E-state index is -0.552. The Balaban J connectivity index is 1.44. The van der Waals surface area contributed by atoms with Gasteiger partial charge in [-0.1, -0.05) is 42.3 Å². The monoisotopic (exact) mass is 500 g/mol. The van der Waals surface area contributed by atoms with Crippen LogP contribution >= 0.6 is 35.0 Å². The summed E-state index contributed by atoms with van der Waals surface area (Å²) in [6, 6.07) is 15.8. The zero-order valence-electron chi connectivity index (χ0n) is 17.4. The van der Waals surface area contributed by atoms with Gasteiger partial charge in [0.1, 0.15) is 18.1 Å². The van der Waals surface area contributed by atoms with Gasteiger partial charge in [-0.3, -0.25) is 19.3 Å². The molecule has 1 fully saturated rings. The van der Waals surface area contributed by atoms with Crippen LogP contribution < -0.4 is 5.32 Å². The molecule has 9 heteroatoms. The van der Waals surface area contributed by atoms with Gasteiger partial charge in [0.2, 0.25) is 5.91 Å². The molecule has 0 unspecified atom stereocenters. The lowest BCUT2D eigenvalue weighted by atomic mass is 10.1. The van der Waals surface area contributed by atoms with E-state index in [-0.39, 0.29) is 11.4 Å². The van der Waals surface area contributed by atoms with Crippen molar-refractivity contribution >= 4 is 63.8 Å². The number of furan rings is 1. The van der Waals surface area contributed by atoms with E-state index < -0.39 is 17.1 Å². The molecule has 0 saturated carbocycles. The van der Waals surface area contributed by atoms with Crippen LogP contribution in [0.5, 0.6) is 0 Å². The molecule has 0 atom stereocenters. The highest BCUT2D eigenvalue weighted by Crippen LogP contribution is 2.35. The second-order valence-electron chi connectivity index (χ2n) is 7.19. The molecule has 2 aromatic carbocycles. The third kappa shape index (κ3) is 5.33. The Kier molecular flexibility index (Phi) is 6.93. The molecule has 6 nitrogen and oxygen atoms in total. The van der Waals surface area contributed by atoms with Gasteiger partial charge in [0.05, 0.1) is 9.93 Å². The highest BCUT2D eigenvalue weighted by Gasteiger charge is 2.36. The predicted molar refractivity (Wildman–Crippen MR) is 131 cm³/mol. The second-order valence-corrected chi connectivity index (χ2v) is 9.03. The Morgan fingerprint density at radius 3 is 2.55 bits per heavy atom. The summed E-state index contributed by atoms with van der Waals surface area (Å²) in [6.07, 6.45) is 2.36. The van der Waals surface area contributed by atoms with Gasteiger partial charge in [0.25, 0.3) is 11.1 Å². The molecule has 33 heavy (non-hydrogen) atoms. The van der Waals surface area contributed by atoms with E-state index in [0.717, 1.165) is 28.6 Å². The fourth-order valence-electron chi connectivity index (χ4n) is 3.20. The Bertz CT molecular complexity index is 1270. The standard InChI is InChI=1S/C24H18Cl2N2O4S/c1-2-14-3-6-16(7-4-14)27-22(29)13-28-23(30)21(33-24(28)31)12-17-8-10-20(32-17)18-9-5-15(25)11-19(18)26/h3-12H,2,13H2,1H3,(H,27,29)/b21-12+. The number of aryl methyl sites for hydroxylation is 1. The van der Waals surface area contributed by atoms with Crippen LogP contribution in [0.25, 0.3) is 17.4 Å². The molecule has 0 spiro atoms. The first-order valence-electron chi connectivity index (χ1n) is 10.0. The molecule has 1 aliphatic rings. The van der Waals surface area contributed by atoms with E-state index >= 15 is 0 Å². The average molecular weight is 501 g/mol. The largest absolute Gasteiger partial charge is 0.457 e. The van der Waals surface area contributed by atoms with E-state index in [1.807, 2.05) is 19.1 Å². The van der Waals surface area contributed by atoms with Gasteiger partial charge in [-0.05, 0) is 66.2 Å². The van der Waals surface area contributed by atoms with Crippen molar-refractivity contribution in [3.63, 3.8) is 0 Å². The molecule has 2 heterocycles. The number of carbonyl (C=O) groups excluding carboxylic acids is 3. The number of imide groups is 1. The second kappa shape index (κ2) is 9.87. The smallest absolute Gasteiger partial charge is 0.294 e. The molecular weight excluding hydrogens is 483 g/mol. The Labute approximate surface area is 204 Å². The van der Waals surface area contributed by atoms with Crippen LogP contribution in [0, 0.1) is 0 Å². The molecule has 0 radical (unpaired) electrons. The number of nitrogens with zero attached hydrogens (tertiary/aromatic N) is 1. The van der Waals surface area contributed by atoms with E-state index in [1.165, 1.54) is 6.08 Å². The van der Waals surface area contributed by atoms with Gasteiger partial charge in [-0.25, -0.2) is 0 Å². The molecule has 168 valence electrons. The minimum Gasteiger partial charge on any atom is -0.457 e. The Morgan fingerprint density at radius 1 is 1.09 bits per heavy atom. The van der Waals surface area contributed by atoms with Gasteiger partial charge in [-0.2, -0.15) is 0 Å².